The Morgan fingerprint density at radius 1 is 1.24 bits per heavy atom. The van der Waals surface area contributed by atoms with E-state index < -0.39 is 5.97 Å². The number of aromatic nitrogens is 5. The van der Waals surface area contributed by atoms with Gasteiger partial charge in [0.1, 0.15) is 5.69 Å². The monoisotopic (exact) mass is 481 g/mol. The molecular weight excluding hydrogens is 450 g/mol. The van der Waals surface area contributed by atoms with Crippen molar-refractivity contribution in [2.24, 2.45) is 5.92 Å². The molecule has 9 heteroatoms. The van der Waals surface area contributed by atoms with Crippen LogP contribution < -0.4 is 0 Å². The maximum absolute atomic E-state index is 13.2. The Labute approximate surface area is 203 Å². The Morgan fingerprint density at radius 2 is 2.03 bits per heavy atom. The van der Waals surface area contributed by atoms with E-state index in [1.807, 2.05) is 12.1 Å². The van der Waals surface area contributed by atoms with Gasteiger partial charge in [-0.15, -0.1) is 10.2 Å². The second-order valence-electron chi connectivity index (χ2n) is 8.80. The van der Waals surface area contributed by atoms with Crippen LogP contribution in [-0.2, 0) is 4.74 Å². The average Bonchev–Trinajstić information content (AvgIpc) is 3.39. The zero-order chi connectivity index (χ0) is 24.2. The molecule has 3 aromatic rings. The molecule has 0 saturated heterocycles. The number of H-pyrrole nitrogens is 1. The number of ether oxygens (including phenoxy) is 1. The molecule has 1 aliphatic rings. The molecule has 0 radical (unpaired) electrons. The smallest absolute Gasteiger partial charge is 0.355 e. The first-order chi connectivity index (χ1) is 16.4. The Kier molecular flexibility index (Phi) is 7.50. The van der Waals surface area contributed by atoms with Gasteiger partial charge in [-0.25, -0.2) is 4.79 Å². The summed E-state index contributed by atoms with van der Waals surface area (Å²) in [5.41, 5.74) is 3.10. The minimum atomic E-state index is -0.443. The van der Waals surface area contributed by atoms with Gasteiger partial charge in [-0.2, -0.15) is 0 Å². The molecule has 0 bridgehead atoms. The van der Waals surface area contributed by atoms with Crippen LogP contribution in [0.25, 0.3) is 11.4 Å². The zero-order valence-corrected chi connectivity index (χ0v) is 20.9. The number of nitrogens with zero attached hydrogens (tertiary/aromatic N) is 4. The number of thioether (sulfide) groups is 1. The minimum Gasteiger partial charge on any atom is -0.461 e. The lowest BCUT2D eigenvalue weighted by molar-refractivity contribution is 0.0519. The Morgan fingerprint density at radius 3 is 2.74 bits per heavy atom. The highest BCUT2D eigenvalue weighted by Gasteiger charge is 2.29. The molecule has 1 saturated carbocycles. The van der Waals surface area contributed by atoms with Gasteiger partial charge < -0.3 is 9.72 Å². The van der Waals surface area contributed by atoms with Crippen LogP contribution in [0, 0.1) is 19.8 Å². The lowest BCUT2D eigenvalue weighted by atomic mass is 9.85. The van der Waals surface area contributed by atoms with Gasteiger partial charge in [-0.05, 0) is 57.2 Å². The Bertz CT molecular complexity index is 1170. The normalized spacial score (nSPS) is 18.1. The average molecular weight is 482 g/mol. The highest BCUT2D eigenvalue weighted by atomic mass is 32.2. The molecule has 8 nitrogen and oxygen atoms in total. The van der Waals surface area contributed by atoms with Crippen molar-refractivity contribution in [2.75, 3.05) is 12.4 Å². The fourth-order valence-electron chi connectivity index (χ4n) is 4.82. The number of aryl methyl sites for hydroxylation is 1. The van der Waals surface area contributed by atoms with E-state index in [1.54, 1.807) is 33.2 Å². The predicted molar refractivity (Wildman–Crippen MR) is 131 cm³/mol. The summed E-state index contributed by atoms with van der Waals surface area (Å²) < 4.78 is 7.32. The van der Waals surface area contributed by atoms with Gasteiger partial charge in [-0.3, -0.25) is 14.3 Å². The number of hydrogen-bond donors (Lipinski definition) is 1. The molecule has 1 aliphatic carbocycles. The van der Waals surface area contributed by atoms with E-state index >= 15 is 0 Å². The number of esters is 1. The quantitative estimate of drug-likeness (QED) is 0.268. The third kappa shape index (κ3) is 4.80. The molecule has 0 aromatic carbocycles. The van der Waals surface area contributed by atoms with E-state index in [4.69, 9.17) is 4.74 Å². The van der Waals surface area contributed by atoms with Crippen LogP contribution in [-0.4, -0.2) is 48.8 Å². The number of carbonyl (C=O) groups excluding carboxylic acids is 2. The first-order valence-electron chi connectivity index (χ1n) is 11.8. The maximum Gasteiger partial charge on any atom is 0.355 e. The van der Waals surface area contributed by atoms with Gasteiger partial charge in [0.05, 0.1) is 12.4 Å². The Hall–Kier alpha value is -2.94. The number of carbonyl (C=O) groups is 2. The van der Waals surface area contributed by atoms with Crippen molar-refractivity contribution in [1.82, 2.24) is 24.7 Å². The molecule has 3 aromatic heterocycles. The first kappa shape index (κ1) is 24.2. The van der Waals surface area contributed by atoms with Crippen molar-refractivity contribution in [3.05, 3.63) is 47.0 Å². The molecule has 34 heavy (non-hydrogen) atoms. The van der Waals surface area contributed by atoms with Crippen LogP contribution in [0.4, 0.5) is 0 Å². The van der Waals surface area contributed by atoms with Crippen molar-refractivity contribution in [1.29, 1.82) is 0 Å². The summed E-state index contributed by atoms with van der Waals surface area (Å²) in [6.07, 6.45) is 8.17. The summed E-state index contributed by atoms with van der Waals surface area (Å²) in [4.78, 5) is 32.7. The maximum atomic E-state index is 13.2. The molecule has 0 aliphatic heterocycles. The number of aromatic amines is 1. The molecule has 0 spiro atoms. The van der Waals surface area contributed by atoms with Gasteiger partial charge in [0.25, 0.3) is 0 Å². The highest BCUT2D eigenvalue weighted by molar-refractivity contribution is 7.99. The summed E-state index contributed by atoms with van der Waals surface area (Å²) >= 11 is 1.40. The second kappa shape index (κ2) is 10.5. The van der Waals surface area contributed by atoms with Crippen molar-refractivity contribution in [3.8, 4) is 11.4 Å². The fraction of sp³-hybridized carbons (Fsp3) is 0.480. The highest BCUT2D eigenvalue weighted by Crippen LogP contribution is 2.39. The largest absolute Gasteiger partial charge is 0.461 e. The van der Waals surface area contributed by atoms with Crippen LogP contribution in [0.1, 0.15) is 77.7 Å². The lowest BCUT2D eigenvalue weighted by Crippen LogP contribution is -2.23. The van der Waals surface area contributed by atoms with Crippen LogP contribution in [0.5, 0.6) is 0 Å². The molecule has 3 heterocycles. The number of ketones is 1. The van der Waals surface area contributed by atoms with E-state index in [0.717, 1.165) is 29.4 Å². The topological polar surface area (TPSA) is 103 Å². The number of nitrogens with one attached hydrogen (secondary N) is 1. The van der Waals surface area contributed by atoms with Crippen LogP contribution in [0.3, 0.4) is 0 Å². The SMILES string of the molecule is CCOC(=O)c1[nH]c(C)c(C(=O)CSc2nnc(-c3cccnc3)n2C2CCCCC2C)c1C. The summed E-state index contributed by atoms with van der Waals surface area (Å²) in [7, 11) is 0. The number of Topliss-reactive ketones (excluding diaryl/α,β-unsaturated/α-hetero) is 1. The summed E-state index contributed by atoms with van der Waals surface area (Å²) in [5, 5.41) is 9.73. The zero-order valence-electron chi connectivity index (χ0n) is 20.1. The number of hydrogen-bond acceptors (Lipinski definition) is 7. The summed E-state index contributed by atoms with van der Waals surface area (Å²) in [6, 6.07) is 4.17. The fourth-order valence-corrected chi connectivity index (χ4v) is 5.69. The summed E-state index contributed by atoms with van der Waals surface area (Å²) in [6.45, 7) is 7.90. The van der Waals surface area contributed by atoms with E-state index in [1.165, 1.54) is 24.6 Å². The molecule has 180 valence electrons. The molecule has 2 atom stereocenters. The van der Waals surface area contributed by atoms with E-state index in [-0.39, 0.29) is 24.2 Å². The first-order valence-corrected chi connectivity index (χ1v) is 12.8. The van der Waals surface area contributed by atoms with Crippen molar-refractivity contribution in [2.45, 2.75) is 64.6 Å². The van der Waals surface area contributed by atoms with E-state index in [0.29, 0.717) is 28.4 Å². The third-order valence-corrected chi connectivity index (χ3v) is 7.45. The number of pyridine rings is 1. The standard InChI is InChI=1S/C25H31N5O3S/c1-5-33-24(32)22-16(3)21(17(4)27-22)20(31)14-34-25-29-28-23(18-10-8-12-26-13-18)30(25)19-11-7-6-9-15(19)2/h8,10,12-13,15,19,27H,5-7,9,11,14H2,1-4H3. The molecule has 2 unspecified atom stereocenters. The second-order valence-corrected chi connectivity index (χ2v) is 9.75. The Balaban J connectivity index is 1.61. The molecular formula is C25H31N5O3S. The van der Waals surface area contributed by atoms with Crippen LogP contribution >= 0.6 is 11.8 Å². The summed E-state index contributed by atoms with van der Waals surface area (Å²) in [5.74, 6) is 0.994. The van der Waals surface area contributed by atoms with Crippen LogP contribution in [0.15, 0.2) is 29.7 Å². The van der Waals surface area contributed by atoms with Crippen LogP contribution in [0.2, 0.25) is 0 Å². The van der Waals surface area contributed by atoms with Gasteiger partial charge in [0, 0.05) is 35.3 Å². The van der Waals surface area contributed by atoms with Crippen molar-refractivity contribution in [3.63, 3.8) is 0 Å². The molecule has 1 fully saturated rings. The van der Waals surface area contributed by atoms with Crippen molar-refractivity contribution < 1.29 is 14.3 Å². The van der Waals surface area contributed by atoms with Gasteiger partial charge >= 0.3 is 5.97 Å². The molecule has 1 N–H and O–H groups in total. The predicted octanol–water partition coefficient (Wildman–Crippen LogP) is 5.19. The van der Waals surface area contributed by atoms with E-state index in [2.05, 4.69) is 31.7 Å². The molecule has 0 amide bonds. The van der Waals surface area contributed by atoms with Crippen molar-refractivity contribution >= 4 is 23.5 Å². The third-order valence-electron chi connectivity index (χ3n) is 6.51. The minimum absolute atomic E-state index is 0.0547. The lowest BCUT2D eigenvalue weighted by Gasteiger charge is -2.31. The van der Waals surface area contributed by atoms with Gasteiger partial charge in [0.2, 0.25) is 0 Å². The molecule has 4 rings (SSSR count). The van der Waals surface area contributed by atoms with Gasteiger partial charge in [-0.1, -0.05) is 31.5 Å². The number of rotatable bonds is 8. The van der Waals surface area contributed by atoms with E-state index in [9.17, 15) is 9.59 Å². The van der Waals surface area contributed by atoms with Gasteiger partial charge in [0.15, 0.2) is 16.8 Å².